The lowest BCUT2D eigenvalue weighted by atomic mass is 9.79. The molecular weight excluding hydrogens is 256 g/mol. The monoisotopic (exact) mass is 284 g/mol. The second-order valence-corrected chi connectivity index (χ2v) is 6.81. The Morgan fingerprint density at radius 2 is 1.75 bits per heavy atom. The molecule has 0 saturated heterocycles. The van der Waals surface area contributed by atoms with Crippen molar-refractivity contribution >= 4 is 11.9 Å². The zero-order valence-corrected chi connectivity index (χ0v) is 13.2. The molecule has 0 unspecified atom stereocenters. The van der Waals surface area contributed by atoms with Gasteiger partial charge in [0.05, 0.1) is 0 Å². The van der Waals surface area contributed by atoms with Gasteiger partial charge in [-0.1, -0.05) is 19.3 Å². The summed E-state index contributed by atoms with van der Waals surface area (Å²) in [7, 11) is 1.90. The molecule has 2 N–H and O–H groups in total. The molecule has 1 amide bonds. The van der Waals surface area contributed by atoms with Crippen molar-refractivity contribution in [3.05, 3.63) is 0 Å². The van der Waals surface area contributed by atoms with Crippen molar-refractivity contribution in [2.24, 2.45) is 0 Å². The molecule has 0 heterocycles. The third-order valence-corrected chi connectivity index (χ3v) is 4.23. The van der Waals surface area contributed by atoms with Gasteiger partial charge in [0.1, 0.15) is 6.54 Å². The molecule has 0 atom stereocenters. The molecule has 116 valence electrons. The maximum atomic E-state index is 12.6. The molecule has 1 saturated carbocycles. The van der Waals surface area contributed by atoms with E-state index in [9.17, 15) is 9.59 Å². The number of rotatable bonds is 5. The highest BCUT2D eigenvalue weighted by Gasteiger charge is 2.37. The lowest BCUT2D eigenvalue weighted by Gasteiger charge is -2.41. The molecule has 1 fully saturated rings. The molecule has 0 aliphatic heterocycles. The Balaban J connectivity index is 2.81. The van der Waals surface area contributed by atoms with Crippen LogP contribution in [0.5, 0.6) is 0 Å². The lowest BCUT2D eigenvalue weighted by molar-refractivity contribution is -0.149. The number of nitrogens with one attached hydrogen (secondary N) is 1. The van der Waals surface area contributed by atoms with Gasteiger partial charge in [0.25, 0.3) is 0 Å². The first-order chi connectivity index (χ1) is 9.20. The summed E-state index contributed by atoms with van der Waals surface area (Å²) in [6, 6.07) is 0. The molecule has 1 rings (SSSR count). The summed E-state index contributed by atoms with van der Waals surface area (Å²) in [6.07, 6.45) is 5.83. The van der Waals surface area contributed by atoms with Crippen LogP contribution in [0.15, 0.2) is 0 Å². The Kier molecular flexibility index (Phi) is 5.57. The van der Waals surface area contributed by atoms with Crippen molar-refractivity contribution in [1.82, 2.24) is 10.2 Å². The normalized spacial score (nSPS) is 18.6. The predicted octanol–water partition coefficient (Wildman–Crippen LogP) is 2.01. The van der Waals surface area contributed by atoms with Crippen LogP contribution in [0.25, 0.3) is 0 Å². The van der Waals surface area contributed by atoms with Gasteiger partial charge in [-0.2, -0.15) is 0 Å². The second-order valence-electron chi connectivity index (χ2n) is 6.81. The largest absolute Gasteiger partial charge is 0.480 e. The van der Waals surface area contributed by atoms with E-state index in [1.54, 1.807) is 0 Å². The highest BCUT2D eigenvalue weighted by Crippen LogP contribution is 2.32. The van der Waals surface area contributed by atoms with Gasteiger partial charge < -0.3 is 15.3 Å². The maximum Gasteiger partial charge on any atom is 0.323 e. The summed E-state index contributed by atoms with van der Waals surface area (Å²) in [6.45, 7) is 5.39. The third-order valence-electron chi connectivity index (χ3n) is 4.23. The van der Waals surface area contributed by atoms with Crippen LogP contribution in [0.3, 0.4) is 0 Å². The first-order valence-corrected chi connectivity index (χ1v) is 7.41. The Hall–Kier alpha value is -1.10. The van der Waals surface area contributed by atoms with E-state index in [2.05, 4.69) is 5.32 Å². The number of aliphatic carboxylic acids is 1. The van der Waals surface area contributed by atoms with E-state index in [-0.39, 0.29) is 18.0 Å². The Labute approximate surface area is 121 Å². The molecule has 0 aromatic rings. The molecule has 0 bridgehead atoms. The zero-order valence-electron chi connectivity index (χ0n) is 13.2. The molecule has 5 heteroatoms. The van der Waals surface area contributed by atoms with Crippen molar-refractivity contribution < 1.29 is 14.7 Å². The van der Waals surface area contributed by atoms with Crippen molar-refractivity contribution in [3.63, 3.8) is 0 Å². The van der Waals surface area contributed by atoms with Gasteiger partial charge >= 0.3 is 5.97 Å². The lowest BCUT2D eigenvalue weighted by Crippen LogP contribution is -2.53. The molecule has 0 aromatic heterocycles. The van der Waals surface area contributed by atoms with Gasteiger partial charge in [0.15, 0.2) is 0 Å². The van der Waals surface area contributed by atoms with Crippen LogP contribution in [-0.4, -0.2) is 46.6 Å². The van der Waals surface area contributed by atoms with Crippen LogP contribution in [0.4, 0.5) is 0 Å². The molecule has 1 aliphatic rings. The van der Waals surface area contributed by atoms with Crippen molar-refractivity contribution in [2.45, 2.75) is 70.4 Å². The van der Waals surface area contributed by atoms with Crippen molar-refractivity contribution in [3.8, 4) is 0 Å². The summed E-state index contributed by atoms with van der Waals surface area (Å²) >= 11 is 0. The summed E-state index contributed by atoms with van der Waals surface area (Å²) in [5.74, 6) is -1.04. The molecule has 0 aromatic carbocycles. The molecule has 0 radical (unpaired) electrons. The van der Waals surface area contributed by atoms with E-state index >= 15 is 0 Å². The first kappa shape index (κ1) is 17.0. The van der Waals surface area contributed by atoms with E-state index in [4.69, 9.17) is 5.11 Å². The van der Waals surface area contributed by atoms with Gasteiger partial charge in [0, 0.05) is 17.5 Å². The number of carbonyl (C=O) groups is 2. The number of carboxylic acid groups (broad SMARTS) is 1. The summed E-state index contributed by atoms with van der Waals surface area (Å²) < 4.78 is 0. The van der Waals surface area contributed by atoms with Gasteiger partial charge in [-0.25, -0.2) is 0 Å². The van der Waals surface area contributed by atoms with Gasteiger partial charge in [-0.05, 0) is 40.7 Å². The smallest absolute Gasteiger partial charge is 0.323 e. The highest BCUT2D eigenvalue weighted by molar-refractivity contribution is 5.82. The summed E-state index contributed by atoms with van der Waals surface area (Å²) in [5.41, 5.74) is -0.629. The minimum atomic E-state index is -0.963. The molecule has 0 spiro atoms. The van der Waals surface area contributed by atoms with Crippen LogP contribution in [0.2, 0.25) is 0 Å². The van der Waals surface area contributed by atoms with Crippen LogP contribution in [0.1, 0.15) is 59.3 Å². The van der Waals surface area contributed by atoms with E-state index in [1.165, 1.54) is 11.3 Å². The minimum Gasteiger partial charge on any atom is -0.480 e. The third kappa shape index (κ3) is 4.47. The van der Waals surface area contributed by atoms with Crippen molar-refractivity contribution in [2.75, 3.05) is 13.6 Å². The molecule has 1 aliphatic carbocycles. The first-order valence-electron chi connectivity index (χ1n) is 7.41. The summed E-state index contributed by atoms with van der Waals surface area (Å²) in [5, 5.41) is 12.3. The Bertz CT molecular complexity index is 355. The topological polar surface area (TPSA) is 69.6 Å². The average Bonchev–Trinajstić information content (AvgIpc) is 2.35. The number of nitrogens with zero attached hydrogens (tertiary/aromatic N) is 1. The second kappa shape index (κ2) is 6.57. The number of carbonyl (C=O) groups excluding carboxylic acids is 1. The van der Waals surface area contributed by atoms with E-state index in [1.807, 2.05) is 27.8 Å². The predicted molar refractivity (Wildman–Crippen MR) is 78.6 cm³/mol. The number of hydrogen-bond acceptors (Lipinski definition) is 3. The Morgan fingerprint density at radius 1 is 1.20 bits per heavy atom. The molecular formula is C15H28N2O3. The van der Waals surface area contributed by atoms with Crippen LogP contribution in [-0.2, 0) is 9.59 Å². The fraction of sp³-hybridized carbons (Fsp3) is 0.867. The average molecular weight is 284 g/mol. The number of carboxylic acids is 1. The van der Waals surface area contributed by atoms with Gasteiger partial charge in [0.2, 0.25) is 5.91 Å². The van der Waals surface area contributed by atoms with Gasteiger partial charge in [-0.3, -0.25) is 9.59 Å². The standard InChI is InChI=1S/C15H28N2O3/c1-14(2,3)17(11-13(19)20)12(18)10-15(16-4)8-6-5-7-9-15/h16H,5-11H2,1-4H3,(H,19,20). The highest BCUT2D eigenvalue weighted by atomic mass is 16.4. The van der Waals surface area contributed by atoms with Crippen LogP contribution in [0, 0.1) is 0 Å². The number of hydrogen-bond donors (Lipinski definition) is 2. The van der Waals surface area contributed by atoms with E-state index < -0.39 is 11.5 Å². The fourth-order valence-corrected chi connectivity index (χ4v) is 2.96. The summed E-state index contributed by atoms with van der Waals surface area (Å²) in [4.78, 5) is 25.0. The Morgan fingerprint density at radius 3 is 2.15 bits per heavy atom. The van der Waals surface area contributed by atoms with Gasteiger partial charge in [-0.15, -0.1) is 0 Å². The SMILES string of the molecule is CNC1(CC(=O)N(CC(=O)O)C(C)(C)C)CCCCC1. The molecule has 20 heavy (non-hydrogen) atoms. The van der Waals surface area contributed by atoms with Crippen molar-refractivity contribution in [1.29, 1.82) is 0 Å². The maximum absolute atomic E-state index is 12.6. The van der Waals surface area contributed by atoms with E-state index in [0.29, 0.717) is 6.42 Å². The van der Waals surface area contributed by atoms with Crippen LogP contribution >= 0.6 is 0 Å². The number of amides is 1. The quantitative estimate of drug-likeness (QED) is 0.810. The van der Waals surface area contributed by atoms with Crippen LogP contribution < -0.4 is 5.32 Å². The van der Waals surface area contributed by atoms with E-state index in [0.717, 1.165) is 25.7 Å². The molecule has 5 nitrogen and oxygen atoms in total. The minimum absolute atomic E-state index is 0.0730. The fourth-order valence-electron chi connectivity index (χ4n) is 2.96. The zero-order chi connectivity index (χ0) is 15.4.